The number of isocyanates is 1. The van der Waals surface area contributed by atoms with E-state index in [0.29, 0.717) is 0 Å². The third kappa shape index (κ3) is 1.38. The third-order valence-corrected chi connectivity index (χ3v) is 2.35. The summed E-state index contributed by atoms with van der Waals surface area (Å²) in [7, 11) is 0. The molecule has 3 heteroatoms. The molecule has 0 atom stereocenters. The highest BCUT2D eigenvalue weighted by Crippen LogP contribution is 2.48. The van der Waals surface area contributed by atoms with Crippen LogP contribution in [0.3, 0.4) is 0 Å². The lowest BCUT2D eigenvalue weighted by atomic mass is 10.1. The number of hydrogen-bond donors (Lipinski definition) is 0. The van der Waals surface area contributed by atoms with E-state index >= 15 is 0 Å². The molecule has 0 radical (unpaired) electrons. The van der Waals surface area contributed by atoms with Crippen LogP contribution in [-0.4, -0.2) is 11.1 Å². The molecule has 66 valence electrons. The highest BCUT2D eigenvalue weighted by atomic mass is 16.1. The van der Waals surface area contributed by atoms with Gasteiger partial charge in [-0.3, -0.25) is 4.98 Å². The van der Waals surface area contributed by atoms with Crippen LogP contribution in [0, 0.1) is 6.92 Å². The van der Waals surface area contributed by atoms with Gasteiger partial charge in [-0.15, -0.1) is 0 Å². The van der Waals surface area contributed by atoms with Crippen LogP contribution >= 0.6 is 0 Å². The number of nitrogens with zero attached hydrogens (tertiary/aromatic N) is 2. The van der Waals surface area contributed by atoms with Crippen molar-refractivity contribution < 1.29 is 4.79 Å². The van der Waals surface area contributed by atoms with E-state index in [0.717, 1.165) is 24.2 Å². The fourth-order valence-electron chi connectivity index (χ4n) is 1.43. The van der Waals surface area contributed by atoms with Gasteiger partial charge >= 0.3 is 0 Å². The van der Waals surface area contributed by atoms with Crippen LogP contribution in [0.4, 0.5) is 0 Å². The van der Waals surface area contributed by atoms with Crippen molar-refractivity contribution in [3.8, 4) is 0 Å². The summed E-state index contributed by atoms with van der Waals surface area (Å²) in [6.07, 6.45) is 3.45. The Kier molecular flexibility index (Phi) is 1.74. The van der Waals surface area contributed by atoms with Gasteiger partial charge in [0.2, 0.25) is 6.08 Å². The lowest BCUT2D eigenvalue weighted by Gasteiger charge is -2.06. The first-order chi connectivity index (χ1) is 6.27. The van der Waals surface area contributed by atoms with Gasteiger partial charge in [0, 0.05) is 5.69 Å². The molecule has 1 aliphatic rings. The Hall–Kier alpha value is -1.47. The van der Waals surface area contributed by atoms with Gasteiger partial charge in [-0.2, -0.15) is 4.99 Å². The number of carbonyl (C=O) groups excluding carboxylic acids is 1. The number of pyridine rings is 1. The zero-order valence-corrected chi connectivity index (χ0v) is 7.45. The normalized spacial score (nSPS) is 17.6. The quantitative estimate of drug-likeness (QED) is 0.506. The second-order valence-electron chi connectivity index (χ2n) is 3.40. The monoisotopic (exact) mass is 174 g/mol. The summed E-state index contributed by atoms with van der Waals surface area (Å²) in [5.41, 5.74) is 1.54. The molecule has 1 aromatic heterocycles. The SMILES string of the molecule is Cc1cccc(C2(N=C=O)CC2)n1. The molecule has 1 aliphatic carbocycles. The molecule has 3 nitrogen and oxygen atoms in total. The molecule has 0 bridgehead atoms. The zero-order valence-electron chi connectivity index (χ0n) is 7.45. The van der Waals surface area contributed by atoms with Crippen LogP contribution in [0.1, 0.15) is 24.2 Å². The lowest BCUT2D eigenvalue weighted by Crippen LogP contribution is -2.05. The standard InChI is InChI=1S/C10H10N2O/c1-8-3-2-4-9(12-8)10(5-6-10)11-7-13/h2-4H,5-6H2,1H3. The molecule has 13 heavy (non-hydrogen) atoms. The van der Waals surface area contributed by atoms with Crippen LogP contribution < -0.4 is 0 Å². The molecule has 1 aromatic rings. The Balaban J connectivity index is 2.40. The lowest BCUT2D eigenvalue weighted by molar-refractivity contribution is 0.555. The van der Waals surface area contributed by atoms with Gasteiger partial charge in [0.05, 0.1) is 5.69 Å². The second kappa shape index (κ2) is 2.79. The average Bonchev–Trinajstić information content (AvgIpc) is 2.86. The first-order valence-corrected chi connectivity index (χ1v) is 4.30. The van der Waals surface area contributed by atoms with Gasteiger partial charge in [0.1, 0.15) is 5.54 Å². The van der Waals surface area contributed by atoms with E-state index < -0.39 is 0 Å². The van der Waals surface area contributed by atoms with Crippen LogP contribution in [0.2, 0.25) is 0 Å². The van der Waals surface area contributed by atoms with E-state index in [1.807, 2.05) is 25.1 Å². The molecular formula is C10H10N2O. The van der Waals surface area contributed by atoms with E-state index in [2.05, 4.69) is 9.98 Å². The fourth-order valence-corrected chi connectivity index (χ4v) is 1.43. The predicted octanol–water partition coefficient (Wildman–Crippen LogP) is 1.71. The molecule has 0 amide bonds. The first kappa shape index (κ1) is 8.14. The van der Waals surface area contributed by atoms with Crippen LogP contribution in [0.15, 0.2) is 23.2 Å². The Bertz CT molecular complexity index is 376. The minimum absolute atomic E-state index is 0.326. The number of aliphatic imine (C=N–C) groups is 1. The molecule has 0 unspecified atom stereocenters. The summed E-state index contributed by atoms with van der Waals surface area (Å²) in [5, 5.41) is 0. The summed E-state index contributed by atoms with van der Waals surface area (Å²) in [6.45, 7) is 1.93. The predicted molar refractivity (Wildman–Crippen MR) is 48.0 cm³/mol. The van der Waals surface area contributed by atoms with Crippen molar-refractivity contribution in [2.24, 2.45) is 4.99 Å². The third-order valence-electron chi connectivity index (χ3n) is 2.35. The first-order valence-electron chi connectivity index (χ1n) is 4.30. The molecule has 0 N–H and O–H groups in total. The number of aryl methyl sites for hydroxylation is 1. The van der Waals surface area contributed by atoms with Gasteiger partial charge < -0.3 is 0 Å². The summed E-state index contributed by atoms with van der Waals surface area (Å²) in [4.78, 5) is 18.4. The number of aromatic nitrogens is 1. The number of hydrogen-bond acceptors (Lipinski definition) is 3. The van der Waals surface area contributed by atoms with Gasteiger partial charge in [-0.1, -0.05) is 6.07 Å². The van der Waals surface area contributed by atoms with E-state index in [-0.39, 0.29) is 5.54 Å². The number of rotatable bonds is 2. The topological polar surface area (TPSA) is 42.3 Å². The summed E-state index contributed by atoms with van der Waals surface area (Å²) in [5.74, 6) is 0. The van der Waals surface area contributed by atoms with Crippen molar-refractivity contribution in [1.29, 1.82) is 0 Å². The highest BCUT2D eigenvalue weighted by Gasteiger charge is 2.46. The molecule has 1 heterocycles. The Labute approximate surface area is 76.5 Å². The van der Waals surface area contributed by atoms with Crippen molar-refractivity contribution in [3.63, 3.8) is 0 Å². The molecule has 0 aliphatic heterocycles. The summed E-state index contributed by atoms with van der Waals surface area (Å²) in [6, 6.07) is 5.79. The largest absolute Gasteiger partial charge is 0.256 e. The maximum Gasteiger partial charge on any atom is 0.235 e. The highest BCUT2D eigenvalue weighted by molar-refractivity contribution is 5.39. The van der Waals surface area contributed by atoms with Gasteiger partial charge in [-0.05, 0) is 31.9 Å². The molecule has 1 saturated carbocycles. The zero-order chi connectivity index (χ0) is 9.31. The van der Waals surface area contributed by atoms with Crippen LogP contribution in [0.5, 0.6) is 0 Å². The Morgan fingerprint density at radius 1 is 1.54 bits per heavy atom. The molecule has 0 aromatic carbocycles. The Morgan fingerprint density at radius 2 is 2.31 bits per heavy atom. The van der Waals surface area contributed by atoms with Crippen LogP contribution in [-0.2, 0) is 10.3 Å². The minimum atomic E-state index is -0.326. The maximum atomic E-state index is 10.2. The van der Waals surface area contributed by atoms with Crippen molar-refractivity contribution in [2.45, 2.75) is 25.3 Å². The minimum Gasteiger partial charge on any atom is -0.256 e. The van der Waals surface area contributed by atoms with Crippen molar-refractivity contribution in [1.82, 2.24) is 4.98 Å². The molecule has 0 spiro atoms. The van der Waals surface area contributed by atoms with E-state index in [1.165, 1.54) is 0 Å². The van der Waals surface area contributed by atoms with Gasteiger partial charge in [0.25, 0.3) is 0 Å². The van der Waals surface area contributed by atoms with Crippen LogP contribution in [0.25, 0.3) is 0 Å². The summed E-state index contributed by atoms with van der Waals surface area (Å²) >= 11 is 0. The molecule has 0 saturated heterocycles. The van der Waals surface area contributed by atoms with Crippen molar-refractivity contribution in [2.75, 3.05) is 0 Å². The van der Waals surface area contributed by atoms with Crippen molar-refractivity contribution >= 4 is 6.08 Å². The molecule has 1 fully saturated rings. The smallest absolute Gasteiger partial charge is 0.235 e. The van der Waals surface area contributed by atoms with Gasteiger partial charge in [-0.25, -0.2) is 4.79 Å². The molecular weight excluding hydrogens is 164 g/mol. The van der Waals surface area contributed by atoms with E-state index in [4.69, 9.17) is 0 Å². The van der Waals surface area contributed by atoms with E-state index in [1.54, 1.807) is 6.08 Å². The van der Waals surface area contributed by atoms with Gasteiger partial charge in [0.15, 0.2) is 0 Å². The fraction of sp³-hybridized carbons (Fsp3) is 0.400. The Morgan fingerprint density at radius 3 is 2.85 bits per heavy atom. The maximum absolute atomic E-state index is 10.2. The van der Waals surface area contributed by atoms with Crippen molar-refractivity contribution in [3.05, 3.63) is 29.6 Å². The second-order valence-corrected chi connectivity index (χ2v) is 3.40. The summed E-state index contributed by atoms with van der Waals surface area (Å²) < 4.78 is 0. The molecule has 2 rings (SSSR count). The van der Waals surface area contributed by atoms with E-state index in [9.17, 15) is 4.79 Å². The average molecular weight is 174 g/mol.